The smallest absolute Gasteiger partial charge is 0.0697 e. The molecule has 0 bridgehead atoms. The normalized spacial score (nSPS) is 17.4. The van der Waals surface area contributed by atoms with Crippen molar-refractivity contribution in [1.82, 2.24) is 0 Å². The van der Waals surface area contributed by atoms with Crippen LogP contribution in [0.15, 0.2) is 12.7 Å². The molecule has 0 radical (unpaired) electrons. The van der Waals surface area contributed by atoms with E-state index in [4.69, 9.17) is 5.11 Å². The maximum Gasteiger partial charge on any atom is 0.0697 e. The Hall–Kier alpha value is 0.180. The van der Waals surface area contributed by atoms with Gasteiger partial charge in [0, 0.05) is 0 Å². The van der Waals surface area contributed by atoms with Crippen LogP contribution in [0.1, 0.15) is 13.3 Å². The summed E-state index contributed by atoms with van der Waals surface area (Å²) in [6.45, 7) is 5.46. The average Bonchev–Trinajstić information content (AvgIpc) is 1.84. The zero-order valence-electron chi connectivity index (χ0n) is 4.97. The van der Waals surface area contributed by atoms with Gasteiger partial charge in [-0.25, -0.2) is 0 Å². The van der Waals surface area contributed by atoms with Crippen molar-refractivity contribution in [1.29, 1.82) is 0 Å². The van der Waals surface area contributed by atoms with Crippen LogP contribution in [0.4, 0.5) is 0 Å². The molecule has 2 unspecified atom stereocenters. The number of halogens is 1. The molecule has 0 rings (SSSR count). The zero-order valence-corrected chi connectivity index (χ0v) is 6.56. The molecule has 1 N–H and O–H groups in total. The molecule has 0 aromatic carbocycles. The number of hydrogen-bond donors (Lipinski definition) is 1. The van der Waals surface area contributed by atoms with E-state index in [9.17, 15) is 0 Å². The lowest BCUT2D eigenvalue weighted by Gasteiger charge is -2.09. The van der Waals surface area contributed by atoms with Gasteiger partial charge in [0.25, 0.3) is 0 Å². The summed E-state index contributed by atoms with van der Waals surface area (Å²) in [7, 11) is 0. The molecule has 0 fully saturated rings. The predicted octanol–water partition coefficient (Wildman–Crippen LogP) is 1.71. The van der Waals surface area contributed by atoms with Crippen molar-refractivity contribution in [3.63, 3.8) is 0 Å². The molecule has 0 amide bonds. The molecule has 0 aliphatic rings. The van der Waals surface area contributed by atoms with Crippen LogP contribution in [0.2, 0.25) is 0 Å². The van der Waals surface area contributed by atoms with Crippen molar-refractivity contribution in [3.05, 3.63) is 12.7 Å². The largest absolute Gasteiger partial charge is 0.392 e. The van der Waals surface area contributed by atoms with Crippen molar-refractivity contribution >= 4 is 15.9 Å². The predicted molar refractivity (Wildman–Crippen MR) is 39.2 cm³/mol. The van der Waals surface area contributed by atoms with Gasteiger partial charge < -0.3 is 5.11 Å². The molecule has 0 aromatic rings. The minimum atomic E-state index is -0.285. The van der Waals surface area contributed by atoms with Gasteiger partial charge in [-0.2, -0.15) is 0 Å². The monoisotopic (exact) mass is 178 g/mol. The fourth-order valence-corrected chi connectivity index (χ4v) is 0.756. The van der Waals surface area contributed by atoms with E-state index in [2.05, 4.69) is 22.5 Å². The Labute approximate surface area is 58.5 Å². The van der Waals surface area contributed by atoms with Gasteiger partial charge in [0.15, 0.2) is 0 Å². The van der Waals surface area contributed by atoms with E-state index in [1.54, 1.807) is 6.08 Å². The fraction of sp³-hybridized carbons (Fsp3) is 0.667. The lowest BCUT2D eigenvalue weighted by Crippen LogP contribution is -2.15. The zero-order chi connectivity index (χ0) is 6.57. The quantitative estimate of drug-likeness (QED) is 0.516. The van der Waals surface area contributed by atoms with Gasteiger partial charge in [-0.05, 0) is 6.42 Å². The third-order valence-electron chi connectivity index (χ3n) is 1.01. The van der Waals surface area contributed by atoms with Crippen molar-refractivity contribution < 1.29 is 5.11 Å². The second-order valence-corrected chi connectivity index (χ2v) is 2.71. The van der Waals surface area contributed by atoms with Crippen LogP contribution in [0.3, 0.4) is 0 Å². The first-order chi connectivity index (χ1) is 3.72. The molecule has 2 atom stereocenters. The maximum absolute atomic E-state index is 9.01. The van der Waals surface area contributed by atoms with E-state index in [0.717, 1.165) is 6.42 Å². The molecule has 2 heteroatoms. The summed E-state index contributed by atoms with van der Waals surface area (Å²) in [6.07, 6.45) is 2.17. The number of rotatable bonds is 3. The molecule has 0 spiro atoms. The van der Waals surface area contributed by atoms with Crippen molar-refractivity contribution in [2.45, 2.75) is 24.3 Å². The van der Waals surface area contributed by atoms with Gasteiger partial charge in [0.05, 0.1) is 10.9 Å². The molecular weight excluding hydrogens is 168 g/mol. The van der Waals surface area contributed by atoms with E-state index in [1.807, 2.05) is 6.92 Å². The van der Waals surface area contributed by atoms with E-state index in [1.165, 1.54) is 0 Å². The molecule has 8 heavy (non-hydrogen) atoms. The minimum absolute atomic E-state index is 0.0486. The molecule has 1 nitrogen and oxygen atoms in total. The Bertz CT molecular complexity index is 72.9. The van der Waals surface area contributed by atoms with Crippen LogP contribution >= 0.6 is 15.9 Å². The Kier molecular flexibility index (Phi) is 4.19. The summed E-state index contributed by atoms with van der Waals surface area (Å²) in [6, 6.07) is 0. The summed E-state index contributed by atoms with van der Waals surface area (Å²) >= 11 is 3.23. The molecule has 0 aliphatic heterocycles. The van der Waals surface area contributed by atoms with Crippen molar-refractivity contribution in [2.24, 2.45) is 0 Å². The lowest BCUT2D eigenvalue weighted by molar-refractivity contribution is 0.180. The number of aliphatic hydroxyl groups excluding tert-OH is 1. The Morgan fingerprint density at radius 2 is 2.38 bits per heavy atom. The molecular formula is C6H11BrO. The summed E-state index contributed by atoms with van der Waals surface area (Å²) in [5.41, 5.74) is 0. The van der Waals surface area contributed by atoms with E-state index in [0.29, 0.717) is 0 Å². The highest BCUT2D eigenvalue weighted by atomic mass is 79.9. The fourth-order valence-electron chi connectivity index (χ4n) is 0.382. The van der Waals surface area contributed by atoms with Gasteiger partial charge in [0.2, 0.25) is 0 Å². The average molecular weight is 179 g/mol. The van der Waals surface area contributed by atoms with Crippen LogP contribution < -0.4 is 0 Å². The first-order valence-electron chi connectivity index (χ1n) is 2.67. The first kappa shape index (κ1) is 8.18. The van der Waals surface area contributed by atoms with Crippen LogP contribution in [-0.2, 0) is 0 Å². The summed E-state index contributed by atoms with van der Waals surface area (Å²) in [5.74, 6) is 0. The topological polar surface area (TPSA) is 20.2 Å². The molecule has 0 heterocycles. The van der Waals surface area contributed by atoms with E-state index < -0.39 is 0 Å². The molecule has 0 saturated heterocycles. The first-order valence-corrected chi connectivity index (χ1v) is 3.58. The summed E-state index contributed by atoms with van der Waals surface area (Å²) < 4.78 is 0. The van der Waals surface area contributed by atoms with Gasteiger partial charge in [-0.1, -0.05) is 28.9 Å². The Balaban J connectivity index is 3.44. The highest BCUT2D eigenvalue weighted by molar-refractivity contribution is 9.09. The highest BCUT2D eigenvalue weighted by Gasteiger charge is 2.07. The minimum Gasteiger partial charge on any atom is -0.392 e. The Morgan fingerprint density at radius 3 is 2.50 bits per heavy atom. The highest BCUT2D eigenvalue weighted by Crippen LogP contribution is 2.08. The van der Waals surface area contributed by atoms with Crippen LogP contribution in [0.5, 0.6) is 0 Å². The summed E-state index contributed by atoms with van der Waals surface area (Å²) in [4.78, 5) is 0.0486. The molecule has 0 aliphatic carbocycles. The maximum atomic E-state index is 9.01. The standard InChI is InChI=1S/C6H11BrO/c1-3-5(7)6(8)4-2/h3,5-6,8H,1,4H2,2H3. The lowest BCUT2D eigenvalue weighted by atomic mass is 10.2. The van der Waals surface area contributed by atoms with Crippen LogP contribution in [0, 0.1) is 0 Å². The van der Waals surface area contributed by atoms with Gasteiger partial charge >= 0.3 is 0 Å². The number of alkyl halides is 1. The van der Waals surface area contributed by atoms with Gasteiger partial charge in [-0.3, -0.25) is 0 Å². The van der Waals surface area contributed by atoms with Crippen LogP contribution in [-0.4, -0.2) is 16.0 Å². The number of hydrogen-bond acceptors (Lipinski definition) is 1. The molecule has 48 valence electrons. The third kappa shape index (κ3) is 2.48. The summed E-state index contributed by atoms with van der Waals surface area (Å²) in [5, 5.41) is 9.01. The third-order valence-corrected chi connectivity index (χ3v) is 2.00. The van der Waals surface area contributed by atoms with Crippen molar-refractivity contribution in [3.8, 4) is 0 Å². The molecule has 0 aromatic heterocycles. The second-order valence-electron chi connectivity index (χ2n) is 1.66. The number of aliphatic hydroxyl groups is 1. The van der Waals surface area contributed by atoms with E-state index in [-0.39, 0.29) is 10.9 Å². The molecule has 0 saturated carbocycles. The SMILES string of the molecule is C=CC(Br)C(O)CC. The van der Waals surface area contributed by atoms with Gasteiger partial charge in [-0.15, -0.1) is 6.58 Å². The van der Waals surface area contributed by atoms with Crippen LogP contribution in [0.25, 0.3) is 0 Å². The van der Waals surface area contributed by atoms with Crippen molar-refractivity contribution in [2.75, 3.05) is 0 Å². The van der Waals surface area contributed by atoms with Gasteiger partial charge in [0.1, 0.15) is 0 Å². The Morgan fingerprint density at radius 1 is 1.88 bits per heavy atom. The second kappa shape index (κ2) is 4.10. The van der Waals surface area contributed by atoms with E-state index >= 15 is 0 Å².